The smallest absolute Gasteiger partial charge is 0.251 e. The molecule has 1 N–H and O–H groups in total. The number of aliphatic hydroxyl groups excluding tert-OH is 1. The molecular formula is C16H28N2O3. The lowest BCUT2D eigenvalue weighted by atomic mass is 9.76. The molecule has 5 heteroatoms. The number of hydrogen-bond acceptors (Lipinski definition) is 3. The van der Waals surface area contributed by atoms with E-state index in [4.69, 9.17) is 0 Å². The molecule has 1 heterocycles. The van der Waals surface area contributed by atoms with E-state index in [0.29, 0.717) is 32.1 Å². The van der Waals surface area contributed by atoms with Gasteiger partial charge in [-0.25, -0.2) is 0 Å². The molecule has 120 valence electrons. The Hall–Kier alpha value is -1.10. The second-order valence-corrected chi connectivity index (χ2v) is 7.00. The molecule has 21 heavy (non-hydrogen) atoms. The maximum Gasteiger partial charge on any atom is 0.251 e. The zero-order valence-corrected chi connectivity index (χ0v) is 13.5. The van der Waals surface area contributed by atoms with Crippen molar-refractivity contribution in [2.75, 3.05) is 26.2 Å². The number of piperazine rings is 1. The summed E-state index contributed by atoms with van der Waals surface area (Å²) in [7, 11) is 0. The van der Waals surface area contributed by atoms with Gasteiger partial charge in [0.2, 0.25) is 5.91 Å². The molecule has 2 amide bonds. The van der Waals surface area contributed by atoms with E-state index in [2.05, 4.69) is 13.8 Å². The van der Waals surface area contributed by atoms with Gasteiger partial charge in [0.05, 0.1) is 0 Å². The Morgan fingerprint density at radius 1 is 1.05 bits per heavy atom. The van der Waals surface area contributed by atoms with Gasteiger partial charge >= 0.3 is 0 Å². The summed E-state index contributed by atoms with van der Waals surface area (Å²) in [5, 5.41) is 9.35. The van der Waals surface area contributed by atoms with Crippen molar-refractivity contribution in [3.8, 4) is 0 Å². The summed E-state index contributed by atoms with van der Waals surface area (Å²) in [4.78, 5) is 28.1. The molecule has 0 bridgehead atoms. The van der Waals surface area contributed by atoms with Crippen LogP contribution in [0, 0.1) is 11.3 Å². The van der Waals surface area contributed by atoms with Crippen LogP contribution in [0.2, 0.25) is 0 Å². The average Bonchev–Trinajstić information content (AvgIpc) is 3.00. The molecule has 2 aliphatic rings. The molecule has 0 aromatic carbocycles. The van der Waals surface area contributed by atoms with Gasteiger partial charge in [0.25, 0.3) is 5.91 Å². The van der Waals surface area contributed by atoms with Crippen molar-refractivity contribution in [1.82, 2.24) is 9.80 Å². The van der Waals surface area contributed by atoms with Crippen LogP contribution in [0.3, 0.4) is 0 Å². The minimum Gasteiger partial charge on any atom is -0.384 e. The number of nitrogens with zero attached hydrogens (tertiary/aromatic N) is 2. The largest absolute Gasteiger partial charge is 0.384 e. The molecule has 2 rings (SSSR count). The monoisotopic (exact) mass is 296 g/mol. The summed E-state index contributed by atoms with van der Waals surface area (Å²) < 4.78 is 0. The van der Waals surface area contributed by atoms with Gasteiger partial charge in [0.15, 0.2) is 0 Å². The number of rotatable bonds is 3. The van der Waals surface area contributed by atoms with Gasteiger partial charge in [-0.3, -0.25) is 9.59 Å². The van der Waals surface area contributed by atoms with Crippen molar-refractivity contribution in [3.63, 3.8) is 0 Å². The summed E-state index contributed by atoms with van der Waals surface area (Å²) in [5.74, 6) is 0.470. The number of aliphatic hydroxyl groups is 1. The molecule has 1 aliphatic carbocycles. The third kappa shape index (κ3) is 3.39. The minimum atomic E-state index is -0.956. The molecule has 0 radical (unpaired) electrons. The van der Waals surface area contributed by atoms with Crippen molar-refractivity contribution in [1.29, 1.82) is 0 Å². The fourth-order valence-corrected chi connectivity index (χ4v) is 3.62. The predicted molar refractivity (Wildman–Crippen MR) is 80.6 cm³/mol. The Labute approximate surface area is 127 Å². The molecule has 2 fully saturated rings. The summed E-state index contributed by atoms with van der Waals surface area (Å²) >= 11 is 0. The van der Waals surface area contributed by atoms with Crippen LogP contribution < -0.4 is 0 Å². The number of amides is 2. The topological polar surface area (TPSA) is 60.9 Å². The first-order valence-corrected chi connectivity index (χ1v) is 8.10. The van der Waals surface area contributed by atoms with E-state index in [1.807, 2.05) is 4.90 Å². The van der Waals surface area contributed by atoms with Gasteiger partial charge < -0.3 is 14.9 Å². The summed E-state index contributed by atoms with van der Waals surface area (Å²) in [6.45, 7) is 7.83. The molecular weight excluding hydrogens is 268 g/mol. The molecule has 0 spiro atoms. The van der Waals surface area contributed by atoms with Crippen LogP contribution in [0.15, 0.2) is 0 Å². The molecule has 1 unspecified atom stereocenters. The van der Waals surface area contributed by atoms with Crippen molar-refractivity contribution in [2.24, 2.45) is 11.3 Å². The van der Waals surface area contributed by atoms with Gasteiger partial charge in [-0.05, 0) is 25.7 Å². The molecule has 1 saturated carbocycles. The maximum absolute atomic E-state index is 12.8. The van der Waals surface area contributed by atoms with Crippen LogP contribution >= 0.6 is 0 Å². The van der Waals surface area contributed by atoms with Gasteiger partial charge in [-0.2, -0.15) is 0 Å². The van der Waals surface area contributed by atoms with Gasteiger partial charge in [0.1, 0.15) is 6.10 Å². The highest BCUT2D eigenvalue weighted by atomic mass is 16.3. The normalized spacial score (nSPS) is 22.5. The first kappa shape index (κ1) is 16.3. The zero-order chi connectivity index (χ0) is 15.6. The first-order chi connectivity index (χ1) is 9.84. The van der Waals surface area contributed by atoms with Crippen LogP contribution in [-0.2, 0) is 9.59 Å². The second kappa shape index (κ2) is 6.34. The predicted octanol–water partition coefficient (Wildman–Crippen LogP) is 1.25. The maximum atomic E-state index is 12.8. The van der Waals surface area contributed by atoms with E-state index in [9.17, 15) is 14.7 Å². The Balaban J connectivity index is 1.92. The van der Waals surface area contributed by atoms with E-state index in [0.717, 1.165) is 12.8 Å². The lowest BCUT2D eigenvalue weighted by molar-refractivity contribution is -0.150. The van der Waals surface area contributed by atoms with Crippen molar-refractivity contribution >= 4 is 11.8 Å². The fourth-order valence-electron chi connectivity index (χ4n) is 3.62. The van der Waals surface area contributed by atoms with Crippen molar-refractivity contribution in [3.05, 3.63) is 0 Å². The van der Waals surface area contributed by atoms with Crippen LogP contribution in [0.5, 0.6) is 0 Å². The van der Waals surface area contributed by atoms with Gasteiger partial charge in [-0.15, -0.1) is 0 Å². The average molecular weight is 296 g/mol. The summed E-state index contributed by atoms with van der Waals surface area (Å²) in [5.41, 5.74) is -0.299. The number of hydrogen-bond donors (Lipinski definition) is 1. The Morgan fingerprint density at radius 3 is 2.00 bits per heavy atom. The van der Waals surface area contributed by atoms with E-state index in [1.54, 1.807) is 4.90 Å². The third-order valence-corrected chi connectivity index (χ3v) is 5.16. The quantitative estimate of drug-likeness (QED) is 0.853. The molecule has 0 aromatic heterocycles. The minimum absolute atomic E-state index is 0.221. The lowest BCUT2D eigenvalue weighted by Gasteiger charge is -2.40. The third-order valence-electron chi connectivity index (χ3n) is 5.16. The molecule has 0 aromatic rings. The van der Waals surface area contributed by atoms with E-state index < -0.39 is 6.10 Å². The SMILES string of the molecule is CC(O)C(=O)N1CCN(C(=O)C(C)(C)C2CCCC2)CC1. The first-order valence-electron chi connectivity index (χ1n) is 8.10. The van der Waals surface area contributed by atoms with Crippen LogP contribution in [0.1, 0.15) is 46.5 Å². The van der Waals surface area contributed by atoms with Crippen LogP contribution in [0.4, 0.5) is 0 Å². The summed E-state index contributed by atoms with van der Waals surface area (Å²) in [6.07, 6.45) is 3.82. The standard InChI is InChI=1S/C16H28N2O3/c1-12(19)14(20)17-8-10-18(11-9-17)15(21)16(2,3)13-6-4-5-7-13/h12-13,19H,4-11H2,1-3H3. The van der Waals surface area contributed by atoms with E-state index >= 15 is 0 Å². The zero-order valence-electron chi connectivity index (χ0n) is 13.5. The molecule has 1 aliphatic heterocycles. The van der Waals surface area contributed by atoms with Gasteiger partial charge in [-0.1, -0.05) is 26.7 Å². The highest BCUT2D eigenvalue weighted by Crippen LogP contribution is 2.40. The lowest BCUT2D eigenvalue weighted by Crippen LogP contribution is -2.55. The Kier molecular flexibility index (Phi) is 4.91. The van der Waals surface area contributed by atoms with Crippen molar-refractivity contribution in [2.45, 2.75) is 52.6 Å². The second-order valence-electron chi connectivity index (χ2n) is 7.00. The van der Waals surface area contributed by atoms with E-state index in [-0.39, 0.29) is 17.2 Å². The highest BCUT2D eigenvalue weighted by Gasteiger charge is 2.41. The Bertz CT molecular complexity index is 392. The van der Waals surface area contributed by atoms with Crippen LogP contribution in [0.25, 0.3) is 0 Å². The Morgan fingerprint density at radius 2 is 1.52 bits per heavy atom. The number of carbonyl (C=O) groups excluding carboxylic acids is 2. The summed E-state index contributed by atoms with van der Waals surface area (Å²) in [6, 6.07) is 0. The van der Waals surface area contributed by atoms with Crippen LogP contribution in [-0.4, -0.2) is 59.0 Å². The van der Waals surface area contributed by atoms with E-state index in [1.165, 1.54) is 19.8 Å². The van der Waals surface area contributed by atoms with Gasteiger partial charge in [0, 0.05) is 31.6 Å². The number of carbonyl (C=O) groups is 2. The fraction of sp³-hybridized carbons (Fsp3) is 0.875. The van der Waals surface area contributed by atoms with Crippen molar-refractivity contribution < 1.29 is 14.7 Å². The molecule has 1 saturated heterocycles. The molecule has 1 atom stereocenters. The highest BCUT2D eigenvalue weighted by molar-refractivity contribution is 5.83. The molecule has 5 nitrogen and oxygen atoms in total.